The Hall–Kier alpha value is -1.80. The van der Waals surface area contributed by atoms with Crippen LogP contribution in [0.4, 0.5) is 10.5 Å². The molecule has 1 fully saturated rings. The molecule has 8 heteroatoms. The Bertz CT molecular complexity index is 752. The van der Waals surface area contributed by atoms with Gasteiger partial charge in [0.25, 0.3) is 0 Å². The normalized spacial score (nSPS) is 21.2. The average Bonchev–Trinajstić information content (AvgIpc) is 2.57. The van der Waals surface area contributed by atoms with Gasteiger partial charge in [-0.15, -0.1) is 0 Å². The largest absolute Gasteiger partial charge is 0.336 e. The predicted molar refractivity (Wildman–Crippen MR) is 114 cm³/mol. The molecule has 0 radical (unpaired) electrons. The van der Waals surface area contributed by atoms with Crippen molar-refractivity contribution in [3.05, 3.63) is 29.8 Å². The number of sulfonamides is 1. The minimum atomic E-state index is -3.29. The Morgan fingerprint density at radius 1 is 1.11 bits per heavy atom. The lowest BCUT2D eigenvalue weighted by Gasteiger charge is -2.45. The SMILES string of the molecule is CC1CC(C)CN(C(C)(C)CNC(=O)NCc2ccc(NS(C)(=O)=O)cc2)C1. The number of rotatable bonds is 7. The molecular weight excluding hydrogens is 376 g/mol. The van der Waals surface area contributed by atoms with Crippen LogP contribution in [0.3, 0.4) is 0 Å². The Kier molecular flexibility index (Phi) is 7.33. The summed E-state index contributed by atoms with van der Waals surface area (Å²) in [6, 6.07) is 6.72. The third kappa shape index (κ3) is 7.31. The minimum Gasteiger partial charge on any atom is -0.336 e. The zero-order valence-electron chi connectivity index (χ0n) is 17.6. The fourth-order valence-corrected chi connectivity index (χ4v) is 4.28. The number of likely N-dealkylation sites (tertiary alicyclic amines) is 1. The van der Waals surface area contributed by atoms with E-state index < -0.39 is 10.0 Å². The summed E-state index contributed by atoms with van der Waals surface area (Å²) in [5.74, 6) is 1.36. The number of benzene rings is 1. The number of carbonyl (C=O) groups excluding carboxylic acids is 1. The van der Waals surface area contributed by atoms with Crippen molar-refractivity contribution in [1.82, 2.24) is 15.5 Å². The first-order chi connectivity index (χ1) is 12.9. The first kappa shape index (κ1) is 22.5. The number of urea groups is 1. The van der Waals surface area contributed by atoms with Crippen LogP contribution in [0.5, 0.6) is 0 Å². The van der Waals surface area contributed by atoms with Gasteiger partial charge in [-0.05, 0) is 49.8 Å². The van der Waals surface area contributed by atoms with Crippen LogP contribution in [0, 0.1) is 11.8 Å². The maximum absolute atomic E-state index is 12.2. The van der Waals surface area contributed by atoms with Crippen LogP contribution in [-0.4, -0.2) is 50.8 Å². The fraction of sp³-hybridized carbons (Fsp3) is 0.650. The maximum atomic E-state index is 12.2. The molecule has 0 bridgehead atoms. The number of hydrogen-bond donors (Lipinski definition) is 3. The van der Waals surface area contributed by atoms with E-state index in [2.05, 4.69) is 48.0 Å². The molecule has 1 saturated heterocycles. The lowest BCUT2D eigenvalue weighted by atomic mass is 9.88. The van der Waals surface area contributed by atoms with Crippen molar-refractivity contribution in [3.63, 3.8) is 0 Å². The Morgan fingerprint density at radius 2 is 1.68 bits per heavy atom. The molecule has 1 aliphatic heterocycles. The first-order valence-electron chi connectivity index (χ1n) is 9.78. The number of piperidine rings is 1. The molecule has 0 aliphatic carbocycles. The highest BCUT2D eigenvalue weighted by atomic mass is 32.2. The molecule has 1 aliphatic rings. The molecular formula is C20H34N4O3S. The quantitative estimate of drug-likeness (QED) is 0.644. The standard InChI is InChI=1S/C20H34N4O3S/c1-15-10-16(2)13-24(12-15)20(3,4)14-22-19(25)21-11-17-6-8-18(9-7-17)23-28(5,26)27/h6-9,15-16,23H,10-14H2,1-5H3,(H2,21,22,25). The molecule has 2 atom stereocenters. The van der Waals surface area contributed by atoms with Gasteiger partial charge in [-0.25, -0.2) is 13.2 Å². The van der Waals surface area contributed by atoms with Gasteiger partial charge in [-0.3, -0.25) is 9.62 Å². The van der Waals surface area contributed by atoms with Gasteiger partial charge in [0.05, 0.1) is 6.26 Å². The number of nitrogens with one attached hydrogen (secondary N) is 3. The number of anilines is 1. The molecule has 0 aromatic heterocycles. The van der Waals surface area contributed by atoms with Crippen molar-refractivity contribution < 1.29 is 13.2 Å². The number of carbonyl (C=O) groups is 1. The zero-order valence-corrected chi connectivity index (χ0v) is 18.4. The second kappa shape index (κ2) is 9.13. The van der Waals surface area contributed by atoms with E-state index in [1.807, 2.05) is 0 Å². The zero-order chi connectivity index (χ0) is 20.9. The third-order valence-corrected chi connectivity index (χ3v) is 5.72. The van der Waals surface area contributed by atoms with E-state index in [-0.39, 0.29) is 11.6 Å². The van der Waals surface area contributed by atoms with Crippen molar-refractivity contribution in [2.45, 2.75) is 46.2 Å². The third-order valence-electron chi connectivity index (χ3n) is 5.12. The smallest absolute Gasteiger partial charge is 0.315 e. The summed E-state index contributed by atoms with van der Waals surface area (Å²) in [6.07, 6.45) is 2.37. The molecule has 2 unspecified atom stereocenters. The molecule has 3 N–H and O–H groups in total. The van der Waals surface area contributed by atoms with Crippen LogP contribution in [0.25, 0.3) is 0 Å². The topological polar surface area (TPSA) is 90.5 Å². The second-order valence-corrected chi connectivity index (χ2v) is 10.5. The van der Waals surface area contributed by atoms with Crippen LogP contribution in [0.1, 0.15) is 39.7 Å². The Balaban J connectivity index is 1.79. The Labute approximate surface area is 169 Å². The van der Waals surface area contributed by atoms with Gasteiger partial charge >= 0.3 is 6.03 Å². The van der Waals surface area contributed by atoms with Crippen molar-refractivity contribution >= 4 is 21.7 Å². The monoisotopic (exact) mass is 410 g/mol. The molecule has 158 valence electrons. The van der Waals surface area contributed by atoms with Crippen LogP contribution in [0.2, 0.25) is 0 Å². The van der Waals surface area contributed by atoms with Crippen LogP contribution < -0.4 is 15.4 Å². The van der Waals surface area contributed by atoms with E-state index in [0.29, 0.717) is 30.6 Å². The summed E-state index contributed by atoms with van der Waals surface area (Å²) in [6.45, 7) is 12.0. The van der Waals surface area contributed by atoms with E-state index in [1.54, 1.807) is 24.3 Å². The van der Waals surface area contributed by atoms with Gasteiger partial charge in [-0.2, -0.15) is 0 Å². The van der Waals surface area contributed by atoms with Crippen molar-refractivity contribution in [3.8, 4) is 0 Å². The molecule has 1 aromatic rings. The highest BCUT2D eigenvalue weighted by Crippen LogP contribution is 2.26. The highest BCUT2D eigenvalue weighted by Gasteiger charge is 2.32. The van der Waals surface area contributed by atoms with Gasteiger partial charge in [0, 0.05) is 37.4 Å². The maximum Gasteiger partial charge on any atom is 0.315 e. The van der Waals surface area contributed by atoms with Crippen molar-refractivity contribution in [2.75, 3.05) is 30.6 Å². The minimum absolute atomic E-state index is 0.0980. The molecule has 1 aromatic carbocycles. The fourth-order valence-electron chi connectivity index (χ4n) is 3.72. The van der Waals surface area contributed by atoms with Gasteiger partial charge in [0.2, 0.25) is 10.0 Å². The lowest BCUT2D eigenvalue weighted by Crippen LogP contribution is -2.56. The molecule has 0 spiro atoms. The molecule has 28 heavy (non-hydrogen) atoms. The summed E-state index contributed by atoms with van der Waals surface area (Å²) in [7, 11) is -3.29. The van der Waals surface area contributed by atoms with E-state index in [0.717, 1.165) is 24.9 Å². The summed E-state index contributed by atoms with van der Waals surface area (Å²) in [5, 5.41) is 5.83. The summed E-state index contributed by atoms with van der Waals surface area (Å²) in [4.78, 5) is 14.7. The summed E-state index contributed by atoms with van der Waals surface area (Å²) >= 11 is 0. The van der Waals surface area contributed by atoms with Crippen molar-refractivity contribution in [2.24, 2.45) is 11.8 Å². The van der Waals surface area contributed by atoms with E-state index >= 15 is 0 Å². The lowest BCUT2D eigenvalue weighted by molar-refractivity contribution is 0.0472. The first-order valence-corrected chi connectivity index (χ1v) is 11.7. The van der Waals surface area contributed by atoms with E-state index in [4.69, 9.17) is 0 Å². The molecule has 0 saturated carbocycles. The van der Waals surface area contributed by atoms with Gasteiger partial charge in [-0.1, -0.05) is 26.0 Å². The summed E-state index contributed by atoms with van der Waals surface area (Å²) < 4.78 is 24.9. The highest BCUT2D eigenvalue weighted by molar-refractivity contribution is 7.92. The number of hydrogen-bond acceptors (Lipinski definition) is 4. The van der Waals surface area contributed by atoms with E-state index in [1.165, 1.54) is 6.42 Å². The average molecular weight is 411 g/mol. The van der Waals surface area contributed by atoms with Crippen LogP contribution in [0.15, 0.2) is 24.3 Å². The number of amides is 2. The molecule has 1 heterocycles. The Morgan fingerprint density at radius 3 is 2.21 bits per heavy atom. The summed E-state index contributed by atoms with van der Waals surface area (Å²) in [5.41, 5.74) is 1.30. The van der Waals surface area contributed by atoms with Gasteiger partial charge in [0.15, 0.2) is 0 Å². The molecule has 7 nitrogen and oxygen atoms in total. The second-order valence-electron chi connectivity index (χ2n) is 8.77. The molecule has 2 amide bonds. The van der Waals surface area contributed by atoms with E-state index in [9.17, 15) is 13.2 Å². The van der Waals surface area contributed by atoms with Gasteiger partial charge < -0.3 is 10.6 Å². The van der Waals surface area contributed by atoms with Crippen LogP contribution >= 0.6 is 0 Å². The number of nitrogens with zero attached hydrogens (tertiary/aromatic N) is 1. The van der Waals surface area contributed by atoms with Crippen LogP contribution in [-0.2, 0) is 16.6 Å². The predicted octanol–water partition coefficient (Wildman–Crippen LogP) is 2.61. The molecule has 2 rings (SSSR count). The van der Waals surface area contributed by atoms with Gasteiger partial charge in [0.1, 0.15) is 0 Å². The van der Waals surface area contributed by atoms with Crippen molar-refractivity contribution in [1.29, 1.82) is 0 Å².